The Morgan fingerprint density at radius 3 is 3.00 bits per heavy atom. The first-order valence-electron chi connectivity index (χ1n) is 7.27. The van der Waals surface area contributed by atoms with Gasteiger partial charge < -0.3 is 9.88 Å². The predicted octanol–water partition coefficient (Wildman–Crippen LogP) is 2.93. The molecule has 1 N–H and O–H groups in total. The first kappa shape index (κ1) is 14.7. The lowest BCUT2D eigenvalue weighted by molar-refractivity contribution is 0.0956. The van der Waals surface area contributed by atoms with Gasteiger partial charge in [-0.3, -0.25) is 4.79 Å². The summed E-state index contributed by atoms with van der Waals surface area (Å²) in [6, 6.07) is 6.05. The zero-order valence-electron chi connectivity index (χ0n) is 12.7. The molecule has 3 aromatic heterocycles. The van der Waals surface area contributed by atoms with Crippen LogP contribution in [0.4, 0.5) is 0 Å². The van der Waals surface area contributed by atoms with Crippen LogP contribution in [0.1, 0.15) is 26.8 Å². The Hall–Kier alpha value is -2.21. The van der Waals surface area contributed by atoms with Gasteiger partial charge in [0.1, 0.15) is 10.5 Å². The number of carbonyl (C=O) groups is 1. The van der Waals surface area contributed by atoms with E-state index in [9.17, 15) is 4.79 Å². The molecule has 0 fully saturated rings. The molecule has 0 aromatic carbocycles. The van der Waals surface area contributed by atoms with Crippen LogP contribution in [0.5, 0.6) is 0 Å². The first-order valence-corrected chi connectivity index (χ1v) is 8.09. The van der Waals surface area contributed by atoms with Crippen LogP contribution < -0.4 is 5.32 Å². The lowest BCUT2D eigenvalue weighted by Gasteiger charge is -2.06. The molecule has 0 radical (unpaired) electrons. The van der Waals surface area contributed by atoms with Crippen molar-refractivity contribution in [3.05, 3.63) is 46.2 Å². The number of aromatic nitrogens is 3. The minimum Gasteiger partial charge on any atom is -0.351 e. The Morgan fingerprint density at radius 2 is 2.23 bits per heavy atom. The molecule has 1 amide bonds. The second kappa shape index (κ2) is 6.27. The molecule has 0 saturated heterocycles. The summed E-state index contributed by atoms with van der Waals surface area (Å²) in [6.45, 7) is 5.26. The highest BCUT2D eigenvalue weighted by atomic mass is 32.1. The number of pyridine rings is 1. The SMILES string of the molecule is Cc1nc(C)c(C(=O)NCCCn2ccc3cccnc32)s1. The molecule has 3 rings (SSSR count). The number of amides is 1. The Bertz CT molecular complexity index is 805. The van der Waals surface area contributed by atoms with Crippen molar-refractivity contribution in [3.8, 4) is 0 Å². The van der Waals surface area contributed by atoms with Gasteiger partial charge in [-0.1, -0.05) is 0 Å². The summed E-state index contributed by atoms with van der Waals surface area (Å²) in [4.78, 5) is 21.5. The van der Waals surface area contributed by atoms with E-state index in [1.807, 2.05) is 26.1 Å². The van der Waals surface area contributed by atoms with Crippen LogP contribution in [0.25, 0.3) is 11.0 Å². The molecule has 3 heterocycles. The van der Waals surface area contributed by atoms with Crippen LogP contribution >= 0.6 is 11.3 Å². The van der Waals surface area contributed by atoms with Crippen LogP contribution in [0.2, 0.25) is 0 Å². The summed E-state index contributed by atoms with van der Waals surface area (Å²) in [5, 5.41) is 5.03. The van der Waals surface area contributed by atoms with Gasteiger partial charge in [0.2, 0.25) is 0 Å². The fraction of sp³-hybridized carbons (Fsp3) is 0.312. The summed E-state index contributed by atoms with van der Waals surface area (Å²) in [5.74, 6) is -0.0291. The second-order valence-corrected chi connectivity index (χ2v) is 6.39. The van der Waals surface area contributed by atoms with E-state index >= 15 is 0 Å². The third-order valence-corrected chi connectivity index (χ3v) is 4.57. The zero-order valence-corrected chi connectivity index (χ0v) is 13.5. The van der Waals surface area contributed by atoms with E-state index in [-0.39, 0.29) is 5.91 Å². The lowest BCUT2D eigenvalue weighted by atomic mass is 10.3. The molecule has 3 aromatic rings. The second-order valence-electron chi connectivity index (χ2n) is 5.18. The van der Waals surface area contributed by atoms with Gasteiger partial charge in [-0.15, -0.1) is 11.3 Å². The van der Waals surface area contributed by atoms with Crippen molar-refractivity contribution in [3.63, 3.8) is 0 Å². The average Bonchev–Trinajstić information content (AvgIpc) is 3.07. The third-order valence-electron chi connectivity index (χ3n) is 3.49. The molecular formula is C16H18N4OS. The Morgan fingerprint density at radius 1 is 1.36 bits per heavy atom. The summed E-state index contributed by atoms with van der Waals surface area (Å²) in [5.41, 5.74) is 1.79. The van der Waals surface area contributed by atoms with E-state index in [1.54, 1.807) is 6.20 Å². The maximum absolute atomic E-state index is 12.1. The minimum atomic E-state index is -0.0291. The lowest BCUT2D eigenvalue weighted by Crippen LogP contribution is -2.25. The topological polar surface area (TPSA) is 59.8 Å². The monoisotopic (exact) mass is 314 g/mol. The largest absolute Gasteiger partial charge is 0.351 e. The quantitative estimate of drug-likeness (QED) is 0.737. The van der Waals surface area contributed by atoms with Crippen molar-refractivity contribution < 1.29 is 4.79 Å². The molecule has 6 heteroatoms. The van der Waals surface area contributed by atoms with Crippen LogP contribution in [0, 0.1) is 13.8 Å². The fourth-order valence-electron chi connectivity index (χ4n) is 2.47. The third kappa shape index (κ3) is 3.01. The summed E-state index contributed by atoms with van der Waals surface area (Å²) >= 11 is 1.44. The Balaban J connectivity index is 1.53. The molecule has 5 nitrogen and oxygen atoms in total. The maximum Gasteiger partial charge on any atom is 0.263 e. The van der Waals surface area contributed by atoms with Crippen LogP contribution in [0.15, 0.2) is 30.6 Å². The molecular weight excluding hydrogens is 296 g/mol. The van der Waals surface area contributed by atoms with E-state index in [0.29, 0.717) is 11.4 Å². The van der Waals surface area contributed by atoms with Crippen LogP contribution in [0.3, 0.4) is 0 Å². The van der Waals surface area contributed by atoms with Crippen LogP contribution in [-0.4, -0.2) is 27.0 Å². The number of aryl methyl sites for hydroxylation is 3. The van der Waals surface area contributed by atoms with Gasteiger partial charge in [-0.25, -0.2) is 9.97 Å². The van der Waals surface area contributed by atoms with Gasteiger partial charge in [0.15, 0.2) is 0 Å². The van der Waals surface area contributed by atoms with E-state index in [0.717, 1.165) is 34.7 Å². The van der Waals surface area contributed by atoms with Crippen molar-refractivity contribution >= 4 is 28.3 Å². The van der Waals surface area contributed by atoms with E-state index in [4.69, 9.17) is 0 Å². The zero-order chi connectivity index (χ0) is 15.5. The minimum absolute atomic E-state index is 0.0291. The normalized spacial score (nSPS) is 11.0. The Kier molecular flexibility index (Phi) is 4.20. The number of carbonyl (C=O) groups excluding carboxylic acids is 1. The Labute approximate surface area is 133 Å². The smallest absolute Gasteiger partial charge is 0.263 e. The average molecular weight is 314 g/mol. The molecule has 0 bridgehead atoms. The van der Waals surface area contributed by atoms with Crippen molar-refractivity contribution in [1.29, 1.82) is 0 Å². The maximum atomic E-state index is 12.1. The van der Waals surface area contributed by atoms with Gasteiger partial charge >= 0.3 is 0 Å². The number of rotatable bonds is 5. The highest BCUT2D eigenvalue weighted by Gasteiger charge is 2.12. The molecule has 0 aliphatic rings. The number of nitrogens with zero attached hydrogens (tertiary/aromatic N) is 3. The first-order chi connectivity index (χ1) is 10.6. The standard InChI is InChI=1S/C16H18N4OS/c1-11-14(22-12(2)19-11)16(21)18-8-4-9-20-10-6-13-5-3-7-17-15(13)20/h3,5-7,10H,4,8-9H2,1-2H3,(H,18,21). The van der Waals surface area contributed by atoms with E-state index in [1.165, 1.54) is 11.3 Å². The van der Waals surface area contributed by atoms with Crippen LogP contribution in [-0.2, 0) is 6.54 Å². The van der Waals surface area contributed by atoms with Gasteiger partial charge in [-0.05, 0) is 38.5 Å². The molecule has 0 saturated carbocycles. The molecule has 0 atom stereocenters. The van der Waals surface area contributed by atoms with E-state index < -0.39 is 0 Å². The summed E-state index contributed by atoms with van der Waals surface area (Å²) in [7, 11) is 0. The molecule has 0 unspecified atom stereocenters. The molecule has 0 aliphatic heterocycles. The van der Waals surface area contributed by atoms with Gasteiger partial charge in [0.05, 0.1) is 10.7 Å². The highest BCUT2D eigenvalue weighted by molar-refractivity contribution is 7.13. The number of hydrogen-bond acceptors (Lipinski definition) is 4. The summed E-state index contributed by atoms with van der Waals surface area (Å²) in [6.07, 6.45) is 4.70. The van der Waals surface area contributed by atoms with Crippen molar-refractivity contribution in [2.45, 2.75) is 26.8 Å². The number of nitrogens with one attached hydrogen (secondary N) is 1. The van der Waals surface area contributed by atoms with Crippen molar-refractivity contribution in [2.75, 3.05) is 6.54 Å². The molecule has 0 aliphatic carbocycles. The van der Waals surface area contributed by atoms with Gasteiger partial charge in [0, 0.05) is 30.9 Å². The fourth-order valence-corrected chi connectivity index (χ4v) is 3.31. The molecule has 114 valence electrons. The number of hydrogen-bond donors (Lipinski definition) is 1. The highest BCUT2D eigenvalue weighted by Crippen LogP contribution is 2.16. The molecule has 0 spiro atoms. The predicted molar refractivity (Wildman–Crippen MR) is 88.3 cm³/mol. The number of fused-ring (bicyclic) bond motifs is 1. The van der Waals surface area contributed by atoms with Gasteiger partial charge in [0.25, 0.3) is 5.91 Å². The summed E-state index contributed by atoms with van der Waals surface area (Å²) < 4.78 is 2.11. The van der Waals surface area contributed by atoms with Gasteiger partial charge in [-0.2, -0.15) is 0 Å². The number of thiazole rings is 1. The van der Waals surface area contributed by atoms with E-state index in [2.05, 4.69) is 32.0 Å². The van der Waals surface area contributed by atoms with Crippen molar-refractivity contribution in [2.24, 2.45) is 0 Å². The van der Waals surface area contributed by atoms with Crippen molar-refractivity contribution in [1.82, 2.24) is 19.9 Å². The molecule has 22 heavy (non-hydrogen) atoms.